The fraction of sp³-hybridized carbons (Fsp3) is 0.647. The molecule has 0 unspecified atom stereocenters. The first-order valence-electron chi connectivity index (χ1n) is 7.70. The molecule has 0 bridgehead atoms. The van der Waals surface area contributed by atoms with Crippen LogP contribution < -0.4 is 5.32 Å². The van der Waals surface area contributed by atoms with Gasteiger partial charge in [0.1, 0.15) is 5.82 Å². The van der Waals surface area contributed by atoms with Gasteiger partial charge >= 0.3 is 0 Å². The Hall–Kier alpha value is -0.600. The Morgan fingerprint density at radius 2 is 1.90 bits per heavy atom. The summed E-state index contributed by atoms with van der Waals surface area (Å²) in [4.78, 5) is 0. The zero-order chi connectivity index (χ0) is 14.2. The van der Waals surface area contributed by atoms with Gasteiger partial charge in [-0.3, -0.25) is 0 Å². The van der Waals surface area contributed by atoms with Crippen LogP contribution in [0.2, 0.25) is 5.02 Å². The van der Waals surface area contributed by atoms with Crippen molar-refractivity contribution in [1.29, 1.82) is 0 Å². The summed E-state index contributed by atoms with van der Waals surface area (Å²) in [7, 11) is 1.95. The largest absolute Gasteiger partial charge is 0.319 e. The predicted molar refractivity (Wildman–Crippen MR) is 81.8 cm³/mol. The lowest BCUT2D eigenvalue weighted by molar-refractivity contribution is -0.0135. The maximum Gasteiger partial charge on any atom is 0.145 e. The predicted octanol–water partition coefficient (Wildman–Crippen LogP) is 4.68. The van der Waals surface area contributed by atoms with Crippen LogP contribution in [0.5, 0.6) is 0 Å². The number of benzene rings is 1. The minimum atomic E-state index is -0.213. The smallest absolute Gasteiger partial charge is 0.145 e. The van der Waals surface area contributed by atoms with Gasteiger partial charge in [-0.05, 0) is 49.8 Å². The van der Waals surface area contributed by atoms with Crippen LogP contribution in [0.25, 0.3) is 0 Å². The van der Waals surface area contributed by atoms with E-state index in [-0.39, 0.29) is 16.3 Å². The molecule has 2 aliphatic carbocycles. The molecular weight excluding hydrogens is 273 g/mol. The molecule has 1 N–H and O–H groups in total. The second kappa shape index (κ2) is 5.31. The maximum absolute atomic E-state index is 14.4. The van der Waals surface area contributed by atoms with Gasteiger partial charge in [0.25, 0.3) is 0 Å². The second-order valence-corrected chi connectivity index (χ2v) is 7.23. The van der Waals surface area contributed by atoms with E-state index in [1.54, 1.807) is 6.07 Å². The molecule has 0 amide bonds. The molecule has 3 heteroatoms. The fourth-order valence-corrected chi connectivity index (χ4v) is 4.88. The molecule has 2 aliphatic rings. The van der Waals surface area contributed by atoms with Gasteiger partial charge in [-0.25, -0.2) is 4.39 Å². The highest BCUT2D eigenvalue weighted by molar-refractivity contribution is 6.30. The highest BCUT2D eigenvalue weighted by Crippen LogP contribution is 2.62. The summed E-state index contributed by atoms with van der Waals surface area (Å²) < 4.78 is 14.4. The van der Waals surface area contributed by atoms with Gasteiger partial charge in [0.05, 0.1) is 5.02 Å². The summed E-state index contributed by atoms with van der Waals surface area (Å²) in [6, 6.07) is 5.45. The molecular formula is C17H23ClFN. The zero-order valence-electron chi connectivity index (χ0n) is 12.1. The molecule has 1 spiro atoms. The molecule has 1 aromatic rings. The second-order valence-electron chi connectivity index (χ2n) is 6.83. The standard InChI is InChI=1S/C17H23ClFN/c1-20-12-17(13-6-5-7-14(18)15(13)19)10-16(11-17)8-3-2-4-9-16/h5-7,20H,2-4,8-12H2,1H3. The SMILES string of the molecule is CNCC1(c2cccc(Cl)c2F)CC2(CCCCC2)C1. The van der Waals surface area contributed by atoms with E-state index in [9.17, 15) is 4.39 Å². The van der Waals surface area contributed by atoms with Crippen LogP contribution in [0, 0.1) is 11.2 Å². The highest BCUT2D eigenvalue weighted by atomic mass is 35.5. The van der Waals surface area contributed by atoms with E-state index in [0.717, 1.165) is 24.9 Å². The number of likely N-dealkylation sites (N-methyl/N-ethyl adjacent to an activating group) is 1. The number of halogens is 2. The number of hydrogen-bond donors (Lipinski definition) is 1. The minimum Gasteiger partial charge on any atom is -0.319 e. The van der Waals surface area contributed by atoms with Crippen LogP contribution in [-0.4, -0.2) is 13.6 Å². The van der Waals surface area contributed by atoms with E-state index >= 15 is 0 Å². The van der Waals surface area contributed by atoms with Crippen LogP contribution in [0.3, 0.4) is 0 Å². The summed E-state index contributed by atoms with van der Waals surface area (Å²) in [5, 5.41) is 3.52. The van der Waals surface area contributed by atoms with Crippen molar-refractivity contribution in [1.82, 2.24) is 5.32 Å². The van der Waals surface area contributed by atoms with Crippen molar-refractivity contribution in [2.45, 2.75) is 50.4 Å². The van der Waals surface area contributed by atoms with Gasteiger partial charge in [0, 0.05) is 12.0 Å². The van der Waals surface area contributed by atoms with Gasteiger partial charge in [-0.1, -0.05) is 43.0 Å². The van der Waals surface area contributed by atoms with Gasteiger partial charge in [0.15, 0.2) is 0 Å². The Morgan fingerprint density at radius 3 is 2.55 bits per heavy atom. The minimum absolute atomic E-state index is 0.0545. The number of nitrogens with one attached hydrogen (secondary N) is 1. The summed E-state index contributed by atoms with van der Waals surface area (Å²) in [6.45, 7) is 0.839. The van der Waals surface area contributed by atoms with E-state index in [0.29, 0.717) is 5.41 Å². The third-order valence-corrected chi connectivity index (χ3v) is 5.67. The summed E-state index contributed by atoms with van der Waals surface area (Å²) in [5.41, 5.74) is 1.24. The van der Waals surface area contributed by atoms with E-state index in [1.165, 1.54) is 32.1 Å². The topological polar surface area (TPSA) is 12.0 Å². The van der Waals surface area contributed by atoms with Gasteiger partial charge in [0.2, 0.25) is 0 Å². The summed E-state index contributed by atoms with van der Waals surface area (Å²) in [6.07, 6.45) is 8.91. The molecule has 110 valence electrons. The Labute approximate surface area is 125 Å². The Balaban J connectivity index is 1.89. The Kier molecular flexibility index (Phi) is 3.81. The Bertz CT molecular complexity index is 486. The molecule has 0 aromatic heterocycles. The van der Waals surface area contributed by atoms with Crippen LogP contribution in [0.15, 0.2) is 18.2 Å². The first-order chi connectivity index (χ1) is 9.61. The molecule has 1 nitrogen and oxygen atoms in total. The quantitative estimate of drug-likeness (QED) is 0.854. The molecule has 20 heavy (non-hydrogen) atoms. The van der Waals surface area contributed by atoms with Crippen molar-refractivity contribution in [3.63, 3.8) is 0 Å². The van der Waals surface area contributed by atoms with Crippen molar-refractivity contribution >= 4 is 11.6 Å². The van der Waals surface area contributed by atoms with Gasteiger partial charge in [-0.2, -0.15) is 0 Å². The van der Waals surface area contributed by atoms with E-state index in [4.69, 9.17) is 11.6 Å². The molecule has 2 fully saturated rings. The lowest BCUT2D eigenvalue weighted by Crippen LogP contribution is -2.55. The molecule has 0 saturated heterocycles. The number of hydrogen-bond acceptors (Lipinski definition) is 1. The molecule has 0 heterocycles. The summed E-state index contributed by atoms with van der Waals surface area (Å²) >= 11 is 5.98. The van der Waals surface area contributed by atoms with E-state index < -0.39 is 0 Å². The Morgan fingerprint density at radius 1 is 1.20 bits per heavy atom. The average molecular weight is 296 g/mol. The third-order valence-electron chi connectivity index (χ3n) is 5.38. The van der Waals surface area contributed by atoms with Crippen molar-refractivity contribution in [3.8, 4) is 0 Å². The average Bonchev–Trinajstić information content (AvgIpc) is 2.41. The maximum atomic E-state index is 14.4. The first kappa shape index (κ1) is 14.3. The van der Waals surface area contributed by atoms with E-state index in [1.807, 2.05) is 19.2 Å². The van der Waals surface area contributed by atoms with Gasteiger partial charge < -0.3 is 5.32 Å². The van der Waals surface area contributed by atoms with Crippen molar-refractivity contribution in [2.24, 2.45) is 5.41 Å². The molecule has 2 saturated carbocycles. The van der Waals surface area contributed by atoms with Crippen LogP contribution >= 0.6 is 11.6 Å². The molecule has 3 rings (SSSR count). The normalized spacial score (nSPS) is 23.6. The van der Waals surface area contributed by atoms with E-state index in [2.05, 4.69) is 5.32 Å². The van der Waals surface area contributed by atoms with Crippen LogP contribution in [-0.2, 0) is 5.41 Å². The highest BCUT2D eigenvalue weighted by Gasteiger charge is 2.55. The first-order valence-corrected chi connectivity index (χ1v) is 8.08. The van der Waals surface area contributed by atoms with Crippen molar-refractivity contribution in [2.75, 3.05) is 13.6 Å². The van der Waals surface area contributed by atoms with Crippen molar-refractivity contribution in [3.05, 3.63) is 34.6 Å². The molecule has 1 aromatic carbocycles. The molecule has 0 atom stereocenters. The molecule has 0 radical (unpaired) electrons. The van der Waals surface area contributed by atoms with Crippen molar-refractivity contribution < 1.29 is 4.39 Å². The fourth-order valence-electron chi connectivity index (χ4n) is 4.70. The lowest BCUT2D eigenvalue weighted by atomic mass is 9.46. The monoisotopic (exact) mass is 295 g/mol. The molecule has 0 aliphatic heterocycles. The lowest BCUT2D eigenvalue weighted by Gasteiger charge is -2.59. The third kappa shape index (κ3) is 2.27. The summed E-state index contributed by atoms with van der Waals surface area (Å²) in [5.74, 6) is -0.213. The van der Waals surface area contributed by atoms with Gasteiger partial charge in [-0.15, -0.1) is 0 Å². The van der Waals surface area contributed by atoms with Crippen LogP contribution in [0.4, 0.5) is 4.39 Å². The van der Waals surface area contributed by atoms with Crippen LogP contribution in [0.1, 0.15) is 50.5 Å². The number of rotatable bonds is 3. The zero-order valence-corrected chi connectivity index (χ0v) is 12.9.